The van der Waals surface area contributed by atoms with Gasteiger partial charge < -0.3 is 19.9 Å². The fraction of sp³-hybridized carbons (Fsp3) is 0.633. The fourth-order valence-electron chi connectivity index (χ4n) is 6.68. The van der Waals surface area contributed by atoms with E-state index in [1.165, 1.54) is 30.5 Å². The third-order valence-electron chi connectivity index (χ3n) is 9.14. The van der Waals surface area contributed by atoms with Crippen molar-refractivity contribution in [2.45, 2.75) is 76.3 Å². The van der Waals surface area contributed by atoms with E-state index in [1.807, 2.05) is 17.0 Å². The standard InChI is InChI=1S/C30H39N5O3/c31-20-30(12-13-30)33-28(36)22-7-2-3-8-23(22)29(37)35-16-11-25-24(19-35)21-9-6-10-26(27(21)32-25)38-18-17-34-14-4-1-5-15-34/h6,9-10,22-23,32H,1-5,7-8,11-19H2,(H,33,36)/t22-,23-/m1/s1. The molecule has 4 aliphatic rings. The Kier molecular flexibility index (Phi) is 7.05. The molecule has 1 aromatic carbocycles. The zero-order valence-corrected chi connectivity index (χ0v) is 22.3. The number of nitrogens with one attached hydrogen (secondary N) is 2. The van der Waals surface area contributed by atoms with Gasteiger partial charge in [0.05, 0.1) is 11.6 Å². The summed E-state index contributed by atoms with van der Waals surface area (Å²) in [6.07, 6.45) is 9.45. The Bertz CT molecular complexity index is 1240. The molecule has 8 heteroatoms. The number of hydrogen-bond acceptors (Lipinski definition) is 5. The van der Waals surface area contributed by atoms with Crippen LogP contribution in [0.1, 0.15) is 69.0 Å². The van der Waals surface area contributed by atoms with E-state index < -0.39 is 5.54 Å². The number of fused-ring (bicyclic) bond motifs is 3. The Morgan fingerprint density at radius 1 is 1.08 bits per heavy atom. The van der Waals surface area contributed by atoms with Gasteiger partial charge in [-0.15, -0.1) is 0 Å². The Hall–Kier alpha value is -3.05. The number of ether oxygens (including phenoxy) is 1. The molecule has 1 aromatic heterocycles. The quantitative estimate of drug-likeness (QED) is 0.580. The highest BCUT2D eigenvalue weighted by molar-refractivity contribution is 5.92. The van der Waals surface area contributed by atoms with Crippen LogP contribution >= 0.6 is 0 Å². The van der Waals surface area contributed by atoms with Gasteiger partial charge in [0, 0.05) is 54.5 Å². The van der Waals surface area contributed by atoms with Crippen LogP contribution < -0.4 is 10.1 Å². The number of benzene rings is 1. The molecule has 0 bridgehead atoms. The molecule has 2 aliphatic carbocycles. The molecule has 202 valence electrons. The van der Waals surface area contributed by atoms with Crippen LogP contribution in [0.2, 0.25) is 0 Å². The first kappa shape index (κ1) is 25.2. The van der Waals surface area contributed by atoms with E-state index in [2.05, 4.69) is 27.3 Å². The summed E-state index contributed by atoms with van der Waals surface area (Å²) in [5.41, 5.74) is 2.67. The van der Waals surface area contributed by atoms with Gasteiger partial charge in [-0.3, -0.25) is 14.5 Å². The van der Waals surface area contributed by atoms with E-state index in [-0.39, 0.29) is 23.7 Å². The van der Waals surface area contributed by atoms with Crippen LogP contribution in [0.3, 0.4) is 0 Å². The van der Waals surface area contributed by atoms with Crippen LogP contribution in [0.5, 0.6) is 5.75 Å². The van der Waals surface area contributed by atoms with Crippen LogP contribution in [-0.4, -0.2) is 64.9 Å². The highest BCUT2D eigenvalue weighted by atomic mass is 16.5. The lowest BCUT2D eigenvalue weighted by Gasteiger charge is -2.36. The van der Waals surface area contributed by atoms with E-state index in [0.717, 1.165) is 62.0 Å². The maximum atomic E-state index is 13.8. The number of aromatic amines is 1. The minimum Gasteiger partial charge on any atom is -0.490 e. The Morgan fingerprint density at radius 2 is 1.87 bits per heavy atom. The zero-order valence-electron chi connectivity index (χ0n) is 22.3. The summed E-state index contributed by atoms with van der Waals surface area (Å²) in [6.45, 7) is 5.15. The maximum Gasteiger partial charge on any atom is 0.226 e. The number of aromatic nitrogens is 1. The van der Waals surface area contributed by atoms with Gasteiger partial charge >= 0.3 is 0 Å². The lowest BCUT2D eigenvalue weighted by molar-refractivity contribution is -0.144. The molecule has 3 fully saturated rings. The molecule has 2 amide bonds. The molecule has 2 saturated carbocycles. The molecule has 38 heavy (non-hydrogen) atoms. The van der Waals surface area contributed by atoms with Crippen LogP contribution in [0, 0.1) is 23.2 Å². The molecule has 6 rings (SSSR count). The topological polar surface area (TPSA) is 101 Å². The van der Waals surface area contributed by atoms with Crippen molar-refractivity contribution in [1.82, 2.24) is 20.1 Å². The van der Waals surface area contributed by atoms with E-state index in [0.29, 0.717) is 39.0 Å². The van der Waals surface area contributed by atoms with Crippen molar-refractivity contribution in [2.24, 2.45) is 11.8 Å². The van der Waals surface area contributed by atoms with Crippen molar-refractivity contribution in [3.05, 3.63) is 29.5 Å². The summed E-state index contributed by atoms with van der Waals surface area (Å²) in [5.74, 6) is 0.200. The normalized spacial score (nSPS) is 24.9. The van der Waals surface area contributed by atoms with Gasteiger partial charge in [0.25, 0.3) is 0 Å². The van der Waals surface area contributed by atoms with Crippen molar-refractivity contribution >= 4 is 22.7 Å². The van der Waals surface area contributed by atoms with Crippen molar-refractivity contribution < 1.29 is 14.3 Å². The van der Waals surface area contributed by atoms with Crippen LogP contribution in [0.25, 0.3) is 10.9 Å². The molecular weight excluding hydrogens is 478 g/mol. The SMILES string of the molecule is N#CC1(NC(=O)[C@@H]2CCCC[C@H]2C(=O)N2CCc3[nH]c4c(OCCN5CCCCC5)cccc4c3C2)CC1. The van der Waals surface area contributed by atoms with E-state index in [9.17, 15) is 14.9 Å². The Balaban J connectivity index is 1.14. The number of nitrogens with zero attached hydrogens (tertiary/aromatic N) is 3. The number of amides is 2. The summed E-state index contributed by atoms with van der Waals surface area (Å²) in [7, 11) is 0. The average Bonchev–Trinajstić information content (AvgIpc) is 3.63. The number of carbonyl (C=O) groups excluding carboxylic acids is 2. The van der Waals surface area contributed by atoms with Gasteiger partial charge in [0.1, 0.15) is 17.9 Å². The highest BCUT2D eigenvalue weighted by Gasteiger charge is 2.47. The van der Waals surface area contributed by atoms with Gasteiger partial charge in [0.15, 0.2) is 0 Å². The third kappa shape index (κ3) is 5.01. The fourth-order valence-corrected chi connectivity index (χ4v) is 6.68. The van der Waals surface area contributed by atoms with Gasteiger partial charge in [-0.05, 0) is 57.7 Å². The summed E-state index contributed by atoms with van der Waals surface area (Å²) in [5, 5.41) is 13.5. The van der Waals surface area contributed by atoms with Crippen LogP contribution in [-0.2, 0) is 22.6 Å². The molecule has 3 heterocycles. The first-order valence-electron chi connectivity index (χ1n) is 14.6. The number of hydrogen-bond donors (Lipinski definition) is 2. The smallest absolute Gasteiger partial charge is 0.226 e. The monoisotopic (exact) mass is 517 g/mol. The summed E-state index contributed by atoms with van der Waals surface area (Å²) < 4.78 is 6.24. The van der Waals surface area contributed by atoms with Crippen molar-refractivity contribution in [3.63, 3.8) is 0 Å². The van der Waals surface area contributed by atoms with Crippen molar-refractivity contribution in [2.75, 3.05) is 32.8 Å². The minimum atomic E-state index is -0.695. The molecule has 0 radical (unpaired) electrons. The first-order valence-corrected chi connectivity index (χ1v) is 14.6. The lowest BCUT2D eigenvalue weighted by Crippen LogP contribution is -2.48. The number of nitriles is 1. The molecule has 2 atom stereocenters. The second kappa shape index (κ2) is 10.6. The first-order chi connectivity index (χ1) is 18.6. The lowest BCUT2D eigenvalue weighted by atomic mass is 9.77. The molecule has 2 N–H and O–H groups in total. The van der Waals surface area contributed by atoms with Gasteiger partial charge in [-0.25, -0.2) is 0 Å². The molecule has 0 unspecified atom stereocenters. The Labute approximate surface area is 224 Å². The largest absolute Gasteiger partial charge is 0.490 e. The predicted molar refractivity (Wildman–Crippen MR) is 144 cm³/mol. The van der Waals surface area contributed by atoms with Crippen LogP contribution in [0.15, 0.2) is 18.2 Å². The van der Waals surface area contributed by atoms with Gasteiger partial charge in [-0.1, -0.05) is 31.4 Å². The number of para-hydroxylation sites is 1. The zero-order chi connectivity index (χ0) is 26.1. The summed E-state index contributed by atoms with van der Waals surface area (Å²) in [6, 6.07) is 8.43. The number of carbonyl (C=O) groups is 2. The Morgan fingerprint density at radius 3 is 2.63 bits per heavy atom. The summed E-state index contributed by atoms with van der Waals surface area (Å²) in [4.78, 5) is 34.9. The minimum absolute atomic E-state index is 0.0839. The third-order valence-corrected chi connectivity index (χ3v) is 9.14. The second-order valence-electron chi connectivity index (χ2n) is 11.7. The highest BCUT2D eigenvalue weighted by Crippen LogP contribution is 2.39. The molecule has 1 saturated heterocycles. The molecule has 0 spiro atoms. The van der Waals surface area contributed by atoms with Gasteiger partial charge in [-0.2, -0.15) is 5.26 Å². The summed E-state index contributed by atoms with van der Waals surface area (Å²) >= 11 is 0. The van der Waals surface area contributed by atoms with E-state index in [1.54, 1.807) is 0 Å². The van der Waals surface area contributed by atoms with E-state index in [4.69, 9.17) is 4.74 Å². The average molecular weight is 518 g/mol. The van der Waals surface area contributed by atoms with E-state index >= 15 is 0 Å². The molecule has 2 aromatic rings. The van der Waals surface area contributed by atoms with Gasteiger partial charge in [0.2, 0.25) is 11.8 Å². The molecule has 8 nitrogen and oxygen atoms in total. The van der Waals surface area contributed by atoms with Crippen LogP contribution in [0.4, 0.5) is 0 Å². The maximum absolute atomic E-state index is 13.8. The molecule has 2 aliphatic heterocycles. The number of likely N-dealkylation sites (tertiary alicyclic amines) is 1. The molecular formula is C30H39N5O3. The predicted octanol–water partition coefficient (Wildman–Crippen LogP) is 3.90. The van der Waals surface area contributed by atoms with Crippen molar-refractivity contribution in [3.8, 4) is 11.8 Å². The second-order valence-corrected chi connectivity index (χ2v) is 11.7. The number of piperidine rings is 1. The number of rotatable bonds is 7. The number of H-pyrrole nitrogens is 1. The van der Waals surface area contributed by atoms with Crippen molar-refractivity contribution in [1.29, 1.82) is 5.26 Å².